The maximum absolute atomic E-state index is 9.92. The summed E-state index contributed by atoms with van der Waals surface area (Å²) in [5.74, 6) is -1.84. The second kappa shape index (κ2) is 26.4. The molecule has 0 rings (SSSR count). The molecule has 0 aliphatic rings. The Labute approximate surface area is 169 Å². The van der Waals surface area contributed by atoms with E-state index in [1.54, 1.807) is 0 Å². The van der Waals surface area contributed by atoms with Crippen molar-refractivity contribution in [2.75, 3.05) is 0 Å². The molecule has 0 heterocycles. The van der Waals surface area contributed by atoms with Gasteiger partial charge in [-0.1, -0.05) is 65.2 Å². The van der Waals surface area contributed by atoms with Gasteiger partial charge in [0.2, 0.25) is 0 Å². The molecule has 0 aliphatic carbocycles. The minimum absolute atomic E-state index is 0. The van der Waals surface area contributed by atoms with Crippen LogP contribution in [0.5, 0.6) is 0 Å². The van der Waals surface area contributed by atoms with Gasteiger partial charge in [0.1, 0.15) is 0 Å². The first-order chi connectivity index (χ1) is 9.54. The normalized spacial score (nSPS) is 8.82. The predicted octanol–water partition coefficient (Wildman–Crippen LogP) is 1.43. The second-order valence-electron chi connectivity index (χ2n) is 5.07. The van der Waals surface area contributed by atoms with E-state index < -0.39 is 11.9 Å². The average Bonchev–Trinajstić information content (AvgIpc) is 2.38. The number of carboxylic acids is 2. The molecular weight excluding hydrogens is 494 g/mol. The first kappa shape index (κ1) is 30.4. The smallest absolute Gasteiger partial charge is 0.550 e. The topological polar surface area (TPSA) is 80.3 Å². The molecular formula is C16H30O4Sn2+6. The van der Waals surface area contributed by atoms with Crippen LogP contribution in [-0.4, -0.2) is 59.8 Å². The molecule has 6 heteroatoms. The molecule has 0 aliphatic heterocycles. The fourth-order valence-electron chi connectivity index (χ4n) is 1.75. The number of aliphatic carboxylic acids is 2. The Hall–Kier alpha value is 0.537. The van der Waals surface area contributed by atoms with Crippen LogP contribution in [-0.2, 0) is 9.59 Å². The van der Waals surface area contributed by atoms with Crippen LogP contribution in [0.25, 0.3) is 0 Å². The quantitative estimate of drug-likeness (QED) is 0.286. The Morgan fingerprint density at radius 1 is 0.591 bits per heavy atom. The number of rotatable bonds is 12. The Balaban J connectivity index is -0.000000135. The van der Waals surface area contributed by atoms with E-state index in [4.69, 9.17) is 0 Å². The Morgan fingerprint density at radius 3 is 1.09 bits per heavy atom. The van der Waals surface area contributed by atoms with Gasteiger partial charge in [-0.25, -0.2) is 0 Å². The minimum Gasteiger partial charge on any atom is -0.550 e. The van der Waals surface area contributed by atoms with Gasteiger partial charge in [0.15, 0.2) is 0 Å². The Morgan fingerprint density at radius 2 is 0.864 bits per heavy atom. The van der Waals surface area contributed by atoms with Crippen molar-refractivity contribution in [3.05, 3.63) is 0 Å². The standard InChI is InChI=1S/2C8H16O2.2Sn/c2*1-2-3-4-5-6-7-8(9)10;;/h2*2-7H2,1H3,(H,9,10);;/q;;2*+4/p-2. The average molecular weight is 524 g/mol. The number of hydrogen-bond acceptors (Lipinski definition) is 4. The third-order valence-corrected chi connectivity index (χ3v) is 2.97. The van der Waals surface area contributed by atoms with E-state index in [-0.39, 0.29) is 60.7 Å². The van der Waals surface area contributed by atoms with Crippen molar-refractivity contribution in [1.29, 1.82) is 0 Å². The molecule has 0 fully saturated rings. The number of carboxylic acid groups (broad SMARTS) is 2. The molecule has 0 amide bonds. The van der Waals surface area contributed by atoms with Crippen LogP contribution in [0, 0.1) is 0 Å². The first-order valence-corrected chi connectivity index (χ1v) is 7.94. The van der Waals surface area contributed by atoms with E-state index in [2.05, 4.69) is 13.8 Å². The summed E-state index contributed by atoms with van der Waals surface area (Å²) in [7, 11) is 0. The zero-order valence-corrected chi connectivity index (χ0v) is 19.8. The fourth-order valence-corrected chi connectivity index (χ4v) is 1.75. The Kier molecular flexibility index (Phi) is 36.6. The van der Waals surface area contributed by atoms with Crippen molar-refractivity contribution in [3.8, 4) is 0 Å². The van der Waals surface area contributed by atoms with Crippen molar-refractivity contribution < 1.29 is 19.8 Å². The van der Waals surface area contributed by atoms with Crippen molar-refractivity contribution in [1.82, 2.24) is 0 Å². The predicted molar refractivity (Wildman–Crippen MR) is 88.3 cm³/mol. The van der Waals surface area contributed by atoms with Gasteiger partial charge in [-0.15, -0.1) is 0 Å². The fraction of sp³-hybridized carbons (Fsp3) is 0.875. The van der Waals surface area contributed by atoms with E-state index >= 15 is 0 Å². The molecule has 0 aromatic carbocycles. The number of hydrogen-bond donors (Lipinski definition) is 0. The molecule has 0 aromatic heterocycles. The summed E-state index contributed by atoms with van der Waals surface area (Å²) in [4.78, 5) is 19.8. The summed E-state index contributed by atoms with van der Waals surface area (Å²) < 4.78 is 0. The van der Waals surface area contributed by atoms with Crippen LogP contribution in [0.3, 0.4) is 0 Å². The zero-order valence-electron chi connectivity index (χ0n) is 14.1. The maximum Gasteiger partial charge on any atom is 4.00 e. The van der Waals surface area contributed by atoms with E-state index in [0.717, 1.165) is 38.5 Å². The molecule has 4 nitrogen and oxygen atoms in total. The third-order valence-electron chi connectivity index (χ3n) is 2.97. The minimum atomic E-state index is -0.920. The van der Waals surface area contributed by atoms with Gasteiger partial charge in [-0.05, 0) is 25.7 Å². The van der Waals surface area contributed by atoms with Crippen molar-refractivity contribution in [3.63, 3.8) is 0 Å². The van der Waals surface area contributed by atoms with Gasteiger partial charge in [-0.2, -0.15) is 0 Å². The number of carbonyl (C=O) groups excluding carboxylic acids is 2. The summed E-state index contributed by atoms with van der Waals surface area (Å²) in [6.45, 7) is 4.28. The SMILES string of the molecule is CCCCCCCC(=O)[O-].CCCCCCCC(=O)[O-].[Sn+4].[Sn+4]. The van der Waals surface area contributed by atoms with Gasteiger partial charge in [0.25, 0.3) is 0 Å². The molecule has 0 atom stereocenters. The van der Waals surface area contributed by atoms with E-state index in [9.17, 15) is 19.8 Å². The summed E-state index contributed by atoms with van der Waals surface area (Å²) in [6.07, 6.45) is 11.2. The molecule has 0 unspecified atom stereocenters. The monoisotopic (exact) mass is 526 g/mol. The van der Waals surface area contributed by atoms with Crippen LogP contribution < -0.4 is 10.2 Å². The van der Waals surface area contributed by atoms with Crippen LogP contribution in [0.2, 0.25) is 0 Å². The molecule has 0 saturated carbocycles. The molecule has 0 N–H and O–H groups in total. The molecule has 22 heavy (non-hydrogen) atoms. The second-order valence-corrected chi connectivity index (χ2v) is 5.07. The van der Waals surface area contributed by atoms with E-state index in [0.29, 0.717) is 0 Å². The van der Waals surface area contributed by atoms with E-state index in [1.807, 2.05) is 0 Å². The van der Waals surface area contributed by atoms with Crippen molar-refractivity contribution >= 4 is 59.8 Å². The maximum atomic E-state index is 9.92. The van der Waals surface area contributed by atoms with Gasteiger partial charge in [0, 0.05) is 11.9 Å². The number of unbranched alkanes of at least 4 members (excludes halogenated alkanes) is 8. The van der Waals surface area contributed by atoms with Gasteiger partial charge in [-0.3, -0.25) is 0 Å². The summed E-state index contributed by atoms with van der Waals surface area (Å²) in [6, 6.07) is 0. The Bertz CT molecular complexity index is 212. The largest absolute Gasteiger partial charge is 4.00 e. The van der Waals surface area contributed by atoms with Gasteiger partial charge >= 0.3 is 47.8 Å². The summed E-state index contributed by atoms with van der Waals surface area (Å²) >= 11 is 0. The van der Waals surface area contributed by atoms with Crippen LogP contribution in [0.15, 0.2) is 0 Å². The molecule has 0 spiro atoms. The molecule has 120 valence electrons. The molecule has 0 radical (unpaired) electrons. The van der Waals surface area contributed by atoms with E-state index in [1.165, 1.54) is 25.7 Å². The zero-order chi connectivity index (χ0) is 15.6. The third kappa shape index (κ3) is 37.1. The van der Waals surface area contributed by atoms with Crippen molar-refractivity contribution in [2.45, 2.75) is 90.9 Å². The molecule has 0 aromatic rings. The molecule has 0 saturated heterocycles. The first-order valence-electron chi connectivity index (χ1n) is 7.94. The summed E-state index contributed by atoms with van der Waals surface area (Å²) in [5, 5.41) is 19.8. The molecule has 0 bridgehead atoms. The number of carbonyl (C=O) groups is 2. The van der Waals surface area contributed by atoms with Crippen LogP contribution >= 0.6 is 0 Å². The summed E-state index contributed by atoms with van der Waals surface area (Å²) in [5.41, 5.74) is 0. The van der Waals surface area contributed by atoms with Gasteiger partial charge in [0.05, 0.1) is 0 Å². The van der Waals surface area contributed by atoms with Gasteiger partial charge < -0.3 is 19.8 Å². The van der Waals surface area contributed by atoms with Crippen LogP contribution in [0.4, 0.5) is 0 Å². The van der Waals surface area contributed by atoms with Crippen LogP contribution in [0.1, 0.15) is 90.9 Å². The van der Waals surface area contributed by atoms with Crippen molar-refractivity contribution in [2.24, 2.45) is 0 Å².